The number of rotatable bonds is 9. The summed E-state index contributed by atoms with van der Waals surface area (Å²) < 4.78 is 10.8. The fourth-order valence-electron chi connectivity index (χ4n) is 2.29. The molecular formula is C20H19ClO5. The molecule has 0 fully saturated rings. The van der Waals surface area contributed by atoms with Crippen LogP contribution in [-0.4, -0.2) is 30.6 Å². The zero-order valence-electron chi connectivity index (χ0n) is 14.3. The third kappa shape index (κ3) is 5.63. The lowest BCUT2D eigenvalue weighted by molar-refractivity contribution is -0.137. The molecule has 0 amide bonds. The number of halogens is 1. The minimum absolute atomic E-state index is 0.00454. The molecule has 0 aromatic heterocycles. The molecule has 0 saturated heterocycles. The van der Waals surface area contributed by atoms with Crippen LogP contribution in [-0.2, 0) is 4.79 Å². The SMILES string of the molecule is COc1ccccc1C=CC(=O)c1cc(Cl)ccc1OCCCC(=O)O. The predicted molar refractivity (Wildman–Crippen MR) is 100 cm³/mol. The molecular weight excluding hydrogens is 356 g/mol. The average molecular weight is 375 g/mol. The molecule has 2 rings (SSSR count). The number of hydrogen-bond acceptors (Lipinski definition) is 4. The highest BCUT2D eigenvalue weighted by Crippen LogP contribution is 2.25. The van der Waals surface area contributed by atoms with Crippen LogP contribution < -0.4 is 9.47 Å². The van der Waals surface area contributed by atoms with Crippen molar-refractivity contribution >= 4 is 29.4 Å². The summed E-state index contributed by atoms with van der Waals surface area (Å²) in [5.41, 5.74) is 1.09. The van der Waals surface area contributed by atoms with Crippen LogP contribution in [0.25, 0.3) is 6.08 Å². The van der Waals surface area contributed by atoms with Crippen molar-refractivity contribution in [1.29, 1.82) is 0 Å². The minimum Gasteiger partial charge on any atom is -0.496 e. The third-order valence-electron chi connectivity index (χ3n) is 3.55. The first-order valence-electron chi connectivity index (χ1n) is 8.01. The van der Waals surface area contributed by atoms with Crippen LogP contribution in [0.15, 0.2) is 48.5 Å². The van der Waals surface area contributed by atoms with Gasteiger partial charge in [0.15, 0.2) is 5.78 Å². The molecule has 0 saturated carbocycles. The van der Waals surface area contributed by atoms with Crippen molar-refractivity contribution in [2.75, 3.05) is 13.7 Å². The highest BCUT2D eigenvalue weighted by molar-refractivity contribution is 6.31. The van der Waals surface area contributed by atoms with E-state index in [0.29, 0.717) is 28.5 Å². The van der Waals surface area contributed by atoms with Crippen LogP contribution in [0.4, 0.5) is 0 Å². The molecule has 6 heteroatoms. The number of carbonyl (C=O) groups is 2. The normalized spacial score (nSPS) is 10.7. The number of methoxy groups -OCH3 is 1. The predicted octanol–water partition coefficient (Wildman–Crippen LogP) is 4.49. The summed E-state index contributed by atoms with van der Waals surface area (Å²) in [6, 6.07) is 12.1. The van der Waals surface area contributed by atoms with Gasteiger partial charge >= 0.3 is 5.97 Å². The maximum atomic E-state index is 12.6. The van der Waals surface area contributed by atoms with E-state index in [1.54, 1.807) is 31.4 Å². The number of benzene rings is 2. The second-order valence-corrected chi connectivity index (χ2v) is 5.86. The van der Waals surface area contributed by atoms with E-state index in [9.17, 15) is 9.59 Å². The number of ketones is 1. The summed E-state index contributed by atoms with van der Waals surface area (Å²) in [6.07, 6.45) is 3.44. The minimum atomic E-state index is -0.888. The molecule has 0 atom stereocenters. The molecule has 0 spiro atoms. The molecule has 26 heavy (non-hydrogen) atoms. The number of aliphatic carboxylic acids is 1. The highest BCUT2D eigenvalue weighted by atomic mass is 35.5. The first-order chi connectivity index (χ1) is 12.5. The Morgan fingerprint density at radius 2 is 1.92 bits per heavy atom. The van der Waals surface area contributed by atoms with Crippen molar-refractivity contribution in [2.45, 2.75) is 12.8 Å². The maximum Gasteiger partial charge on any atom is 0.303 e. The Morgan fingerprint density at radius 3 is 2.65 bits per heavy atom. The van der Waals surface area contributed by atoms with Crippen molar-refractivity contribution in [3.8, 4) is 11.5 Å². The monoisotopic (exact) mass is 374 g/mol. The maximum absolute atomic E-state index is 12.6. The van der Waals surface area contributed by atoms with Gasteiger partial charge in [0.25, 0.3) is 0 Å². The summed E-state index contributed by atoms with van der Waals surface area (Å²) in [6.45, 7) is 0.199. The van der Waals surface area contributed by atoms with E-state index >= 15 is 0 Å². The van der Waals surface area contributed by atoms with Crippen molar-refractivity contribution < 1.29 is 24.2 Å². The first kappa shape index (κ1) is 19.5. The van der Waals surface area contributed by atoms with Crippen LogP contribution in [0, 0.1) is 0 Å². The molecule has 2 aromatic carbocycles. The van der Waals surface area contributed by atoms with Crippen LogP contribution >= 0.6 is 11.6 Å². The Kier molecular flexibility index (Phi) is 7.24. The largest absolute Gasteiger partial charge is 0.496 e. The van der Waals surface area contributed by atoms with Gasteiger partial charge in [-0.3, -0.25) is 9.59 Å². The Labute approximate surface area is 156 Å². The number of ether oxygens (including phenoxy) is 2. The van der Waals surface area contributed by atoms with Gasteiger partial charge in [-0.25, -0.2) is 0 Å². The zero-order valence-corrected chi connectivity index (χ0v) is 15.0. The van der Waals surface area contributed by atoms with E-state index in [-0.39, 0.29) is 18.8 Å². The lowest BCUT2D eigenvalue weighted by Gasteiger charge is -2.10. The standard InChI is InChI=1S/C20H19ClO5/c1-25-18-6-3-2-5-14(18)8-10-17(22)16-13-15(21)9-11-19(16)26-12-4-7-20(23)24/h2-3,5-6,8-11,13H,4,7,12H2,1H3,(H,23,24). The summed E-state index contributed by atoms with van der Waals surface area (Å²) in [4.78, 5) is 23.1. The van der Waals surface area contributed by atoms with E-state index in [1.807, 2.05) is 18.2 Å². The summed E-state index contributed by atoms with van der Waals surface area (Å²) in [5.74, 6) is -0.130. The topological polar surface area (TPSA) is 72.8 Å². The second kappa shape index (κ2) is 9.63. The summed E-state index contributed by atoms with van der Waals surface area (Å²) in [5, 5.41) is 9.08. The van der Waals surface area contributed by atoms with Gasteiger partial charge in [0.2, 0.25) is 0 Å². The molecule has 0 radical (unpaired) electrons. The quantitative estimate of drug-likeness (QED) is 0.397. The van der Waals surface area contributed by atoms with E-state index < -0.39 is 5.97 Å². The molecule has 0 aliphatic heterocycles. The van der Waals surface area contributed by atoms with Crippen LogP contribution in [0.1, 0.15) is 28.8 Å². The van der Waals surface area contributed by atoms with Gasteiger partial charge in [-0.15, -0.1) is 0 Å². The van der Waals surface area contributed by atoms with Gasteiger partial charge in [0.1, 0.15) is 11.5 Å². The first-order valence-corrected chi connectivity index (χ1v) is 8.38. The Balaban J connectivity index is 2.15. The number of para-hydroxylation sites is 1. The van der Waals surface area contributed by atoms with Crippen molar-refractivity contribution in [3.05, 3.63) is 64.7 Å². The van der Waals surface area contributed by atoms with Gasteiger partial charge in [-0.2, -0.15) is 0 Å². The fraction of sp³-hybridized carbons (Fsp3) is 0.200. The van der Waals surface area contributed by atoms with Crippen molar-refractivity contribution in [1.82, 2.24) is 0 Å². The van der Waals surface area contributed by atoms with E-state index in [2.05, 4.69) is 0 Å². The van der Waals surface area contributed by atoms with Gasteiger partial charge in [0, 0.05) is 17.0 Å². The number of carboxylic acids is 1. The molecule has 1 N–H and O–H groups in total. The molecule has 0 unspecified atom stereocenters. The summed E-state index contributed by atoms with van der Waals surface area (Å²) >= 11 is 6.00. The number of carboxylic acid groups (broad SMARTS) is 1. The van der Waals surface area contributed by atoms with E-state index in [4.69, 9.17) is 26.2 Å². The second-order valence-electron chi connectivity index (χ2n) is 5.43. The Morgan fingerprint density at radius 1 is 1.15 bits per heavy atom. The number of hydrogen-bond donors (Lipinski definition) is 1. The van der Waals surface area contributed by atoms with Crippen molar-refractivity contribution in [3.63, 3.8) is 0 Å². The number of allylic oxidation sites excluding steroid dienone is 1. The molecule has 0 bridgehead atoms. The summed E-state index contributed by atoms with van der Waals surface area (Å²) in [7, 11) is 1.56. The highest BCUT2D eigenvalue weighted by Gasteiger charge is 2.12. The van der Waals surface area contributed by atoms with E-state index in [0.717, 1.165) is 5.56 Å². The van der Waals surface area contributed by atoms with Gasteiger partial charge < -0.3 is 14.6 Å². The van der Waals surface area contributed by atoms with Gasteiger partial charge in [-0.05, 0) is 42.8 Å². The molecule has 5 nitrogen and oxygen atoms in total. The molecule has 0 aliphatic carbocycles. The smallest absolute Gasteiger partial charge is 0.303 e. The molecule has 2 aromatic rings. The third-order valence-corrected chi connectivity index (χ3v) is 3.79. The zero-order chi connectivity index (χ0) is 18.9. The molecule has 136 valence electrons. The Hall–Kier alpha value is -2.79. The Bertz CT molecular complexity index is 814. The van der Waals surface area contributed by atoms with Crippen LogP contribution in [0.5, 0.6) is 11.5 Å². The fourth-order valence-corrected chi connectivity index (χ4v) is 2.46. The van der Waals surface area contributed by atoms with Gasteiger partial charge in [0.05, 0.1) is 19.3 Å². The molecule has 0 aliphatic rings. The van der Waals surface area contributed by atoms with Crippen LogP contribution in [0.2, 0.25) is 5.02 Å². The van der Waals surface area contributed by atoms with E-state index in [1.165, 1.54) is 12.1 Å². The lowest BCUT2D eigenvalue weighted by Crippen LogP contribution is -2.05. The molecule has 0 heterocycles. The van der Waals surface area contributed by atoms with Crippen molar-refractivity contribution in [2.24, 2.45) is 0 Å². The van der Waals surface area contributed by atoms with Gasteiger partial charge in [-0.1, -0.05) is 29.8 Å². The lowest BCUT2D eigenvalue weighted by atomic mass is 10.1. The number of carbonyl (C=O) groups excluding carboxylic acids is 1. The average Bonchev–Trinajstić information content (AvgIpc) is 2.64. The van der Waals surface area contributed by atoms with Crippen LogP contribution in [0.3, 0.4) is 0 Å².